The van der Waals surface area contributed by atoms with Gasteiger partial charge in [0.25, 0.3) is 5.69 Å². The lowest BCUT2D eigenvalue weighted by Gasteiger charge is -2.01. The Kier molecular flexibility index (Phi) is 5.08. The summed E-state index contributed by atoms with van der Waals surface area (Å²) < 4.78 is 5.64. The van der Waals surface area contributed by atoms with E-state index in [1.165, 1.54) is 24.4 Å². The van der Waals surface area contributed by atoms with E-state index in [9.17, 15) is 10.1 Å². The molecule has 2 aromatic carbocycles. The maximum atomic E-state index is 10.9. The van der Waals surface area contributed by atoms with Gasteiger partial charge in [0, 0.05) is 17.7 Å². The van der Waals surface area contributed by atoms with Gasteiger partial charge in [-0.05, 0) is 30.3 Å². The molecule has 0 N–H and O–H groups in total. The Morgan fingerprint density at radius 3 is 2.60 bits per heavy atom. The Bertz CT molecular complexity index is 983. The Hall–Kier alpha value is -2.34. The average Bonchev–Trinajstić information content (AvgIpc) is 3.05. The van der Waals surface area contributed by atoms with Gasteiger partial charge in [0.05, 0.1) is 31.9 Å². The zero-order valence-corrected chi connectivity index (χ0v) is 14.7. The van der Waals surface area contributed by atoms with Crippen molar-refractivity contribution in [1.82, 2.24) is 0 Å². The predicted molar refractivity (Wildman–Crippen MR) is 99.5 cm³/mol. The Morgan fingerprint density at radius 1 is 1.04 bits per heavy atom. The second-order valence-electron chi connectivity index (χ2n) is 4.95. The van der Waals surface area contributed by atoms with Crippen LogP contribution in [0.2, 0.25) is 15.1 Å². The molecule has 8 heteroatoms. The minimum atomic E-state index is -0.494. The van der Waals surface area contributed by atoms with Crippen LogP contribution in [0.4, 0.5) is 11.4 Å². The highest BCUT2D eigenvalue weighted by Crippen LogP contribution is 2.33. The fourth-order valence-electron chi connectivity index (χ4n) is 2.11. The number of hydrogen-bond acceptors (Lipinski definition) is 4. The molecule has 126 valence electrons. The maximum absolute atomic E-state index is 10.9. The molecule has 0 amide bonds. The minimum absolute atomic E-state index is 0.0725. The molecule has 3 rings (SSSR count). The quantitative estimate of drug-likeness (QED) is 0.285. The van der Waals surface area contributed by atoms with Crippen molar-refractivity contribution in [1.29, 1.82) is 0 Å². The lowest BCUT2D eigenvalue weighted by molar-refractivity contribution is -0.384. The first-order chi connectivity index (χ1) is 12.0. The summed E-state index contributed by atoms with van der Waals surface area (Å²) in [5, 5.41) is 12.0. The summed E-state index contributed by atoms with van der Waals surface area (Å²) in [6.45, 7) is 0. The summed E-state index contributed by atoms with van der Waals surface area (Å²) >= 11 is 18.1. The van der Waals surface area contributed by atoms with Crippen LogP contribution in [0, 0.1) is 10.1 Å². The van der Waals surface area contributed by atoms with Crippen LogP contribution < -0.4 is 0 Å². The molecule has 0 spiro atoms. The summed E-state index contributed by atoms with van der Waals surface area (Å²) in [5.74, 6) is 0.834. The highest BCUT2D eigenvalue weighted by molar-refractivity contribution is 6.43. The van der Waals surface area contributed by atoms with Crippen LogP contribution in [0.15, 0.2) is 57.9 Å². The molecule has 3 aromatic rings. The van der Waals surface area contributed by atoms with E-state index < -0.39 is 4.92 Å². The highest BCUT2D eigenvalue weighted by Gasteiger charge is 2.14. The molecule has 0 unspecified atom stereocenters. The van der Waals surface area contributed by atoms with Gasteiger partial charge in [-0.25, -0.2) is 0 Å². The number of nitro groups is 1. The van der Waals surface area contributed by atoms with E-state index in [1.807, 2.05) is 0 Å². The predicted octanol–water partition coefficient (Wildman–Crippen LogP) is 6.57. The molecule has 1 aromatic heterocycles. The number of halogens is 3. The zero-order chi connectivity index (χ0) is 18.0. The monoisotopic (exact) mass is 394 g/mol. The smallest absolute Gasteiger partial charge is 0.270 e. The van der Waals surface area contributed by atoms with E-state index in [0.717, 1.165) is 0 Å². The van der Waals surface area contributed by atoms with Gasteiger partial charge in [0.15, 0.2) is 0 Å². The number of benzene rings is 2. The van der Waals surface area contributed by atoms with E-state index in [-0.39, 0.29) is 5.69 Å². The molecule has 0 saturated heterocycles. The van der Waals surface area contributed by atoms with Gasteiger partial charge >= 0.3 is 0 Å². The van der Waals surface area contributed by atoms with Crippen LogP contribution in [-0.4, -0.2) is 11.1 Å². The van der Waals surface area contributed by atoms with Crippen LogP contribution in [0.25, 0.3) is 11.3 Å². The third-order valence-corrected chi connectivity index (χ3v) is 4.45. The van der Waals surface area contributed by atoms with Crippen LogP contribution in [0.3, 0.4) is 0 Å². The number of nitrogens with zero attached hydrogens (tertiary/aromatic N) is 2. The third-order valence-electron chi connectivity index (χ3n) is 3.32. The molecular weight excluding hydrogens is 387 g/mol. The molecule has 0 radical (unpaired) electrons. The van der Waals surface area contributed by atoms with Crippen molar-refractivity contribution in [2.45, 2.75) is 0 Å². The molecule has 25 heavy (non-hydrogen) atoms. The molecule has 1 heterocycles. The summed E-state index contributed by atoms with van der Waals surface area (Å²) in [4.78, 5) is 14.6. The fourth-order valence-corrected chi connectivity index (χ4v) is 2.66. The Balaban J connectivity index is 1.91. The molecule has 0 aliphatic heterocycles. The van der Waals surface area contributed by atoms with Gasteiger partial charge in [-0.3, -0.25) is 15.1 Å². The van der Waals surface area contributed by atoms with E-state index >= 15 is 0 Å². The first-order valence-corrected chi connectivity index (χ1v) is 8.11. The van der Waals surface area contributed by atoms with Crippen molar-refractivity contribution >= 4 is 52.4 Å². The molecule has 0 bridgehead atoms. The Labute approximate surface area is 157 Å². The minimum Gasteiger partial charge on any atom is -0.455 e. The average molecular weight is 396 g/mol. The first-order valence-electron chi connectivity index (χ1n) is 6.98. The van der Waals surface area contributed by atoms with Crippen molar-refractivity contribution < 1.29 is 9.34 Å². The van der Waals surface area contributed by atoms with Crippen LogP contribution in [-0.2, 0) is 0 Å². The van der Waals surface area contributed by atoms with Gasteiger partial charge in [-0.15, -0.1) is 0 Å². The maximum Gasteiger partial charge on any atom is 0.270 e. The van der Waals surface area contributed by atoms with Crippen LogP contribution >= 0.6 is 34.8 Å². The van der Waals surface area contributed by atoms with Gasteiger partial charge in [0.1, 0.15) is 11.5 Å². The fraction of sp³-hybridized carbons (Fsp3) is 0. The van der Waals surface area contributed by atoms with Crippen molar-refractivity contribution in [3.63, 3.8) is 0 Å². The van der Waals surface area contributed by atoms with Gasteiger partial charge in [-0.1, -0.05) is 40.9 Å². The third kappa shape index (κ3) is 3.85. The Morgan fingerprint density at radius 2 is 1.84 bits per heavy atom. The zero-order valence-electron chi connectivity index (χ0n) is 12.4. The number of non-ortho nitro benzene ring substituents is 1. The number of aliphatic imine (C=N–C) groups is 1. The van der Waals surface area contributed by atoms with Crippen LogP contribution in [0.5, 0.6) is 0 Å². The standard InChI is InChI=1S/C17H9Cl3N2O3/c18-13-6-4-10(22(23)24)8-12(13)16-7-5-11(25-16)9-21-15-3-1-2-14(19)17(15)20/h1-9H. The number of rotatable bonds is 4. The number of furan rings is 1. The van der Waals surface area contributed by atoms with Gasteiger partial charge in [0.2, 0.25) is 0 Å². The summed E-state index contributed by atoms with van der Waals surface area (Å²) in [6.07, 6.45) is 1.48. The lowest BCUT2D eigenvalue weighted by Crippen LogP contribution is -1.88. The topological polar surface area (TPSA) is 68.6 Å². The van der Waals surface area contributed by atoms with Crippen molar-refractivity contribution in [3.05, 3.63) is 79.5 Å². The largest absolute Gasteiger partial charge is 0.455 e. The summed E-state index contributed by atoms with van der Waals surface area (Å²) in [5.41, 5.74) is 0.855. The van der Waals surface area contributed by atoms with Crippen molar-refractivity contribution in [2.24, 2.45) is 4.99 Å². The second kappa shape index (κ2) is 7.27. The van der Waals surface area contributed by atoms with E-state index in [0.29, 0.717) is 37.8 Å². The molecule has 0 aliphatic rings. The molecule has 0 saturated carbocycles. The van der Waals surface area contributed by atoms with Crippen molar-refractivity contribution in [2.75, 3.05) is 0 Å². The SMILES string of the molecule is O=[N+]([O-])c1ccc(Cl)c(-c2ccc(C=Nc3cccc(Cl)c3Cl)o2)c1. The summed E-state index contributed by atoms with van der Waals surface area (Å²) in [7, 11) is 0. The lowest BCUT2D eigenvalue weighted by atomic mass is 10.1. The van der Waals surface area contributed by atoms with Crippen LogP contribution in [0.1, 0.15) is 5.76 Å². The molecule has 0 atom stereocenters. The molecule has 0 aliphatic carbocycles. The van der Waals surface area contributed by atoms with E-state index in [2.05, 4.69) is 4.99 Å². The van der Waals surface area contributed by atoms with Crippen molar-refractivity contribution in [3.8, 4) is 11.3 Å². The molecular formula is C17H9Cl3N2O3. The number of hydrogen-bond donors (Lipinski definition) is 0. The molecule has 5 nitrogen and oxygen atoms in total. The highest BCUT2D eigenvalue weighted by atomic mass is 35.5. The number of nitro benzene ring substituents is 1. The van der Waals surface area contributed by atoms with Gasteiger partial charge < -0.3 is 4.42 Å². The second-order valence-corrected chi connectivity index (χ2v) is 6.15. The summed E-state index contributed by atoms with van der Waals surface area (Å²) in [6, 6.07) is 12.6. The first kappa shape index (κ1) is 17.5. The van der Waals surface area contributed by atoms with Gasteiger partial charge in [-0.2, -0.15) is 0 Å². The normalized spacial score (nSPS) is 11.2. The van der Waals surface area contributed by atoms with E-state index in [4.69, 9.17) is 39.2 Å². The van der Waals surface area contributed by atoms with E-state index in [1.54, 1.807) is 30.3 Å². The molecule has 0 fully saturated rings.